The van der Waals surface area contributed by atoms with Crippen molar-refractivity contribution in [3.63, 3.8) is 0 Å². The van der Waals surface area contributed by atoms with Gasteiger partial charge in [-0.3, -0.25) is 0 Å². The van der Waals surface area contributed by atoms with Crippen LogP contribution in [0.25, 0.3) is 11.0 Å². The Balaban J connectivity index is 2.01. The Morgan fingerprint density at radius 2 is 1.89 bits per heavy atom. The van der Waals surface area contributed by atoms with Gasteiger partial charge >= 0.3 is 0 Å². The van der Waals surface area contributed by atoms with Crippen LogP contribution < -0.4 is 5.32 Å². The van der Waals surface area contributed by atoms with Crippen LogP contribution in [0.5, 0.6) is 0 Å². The zero-order chi connectivity index (χ0) is 13.2. The van der Waals surface area contributed by atoms with Crippen LogP contribution in [0.4, 0.5) is 0 Å². The lowest BCUT2D eigenvalue weighted by atomic mass is 9.92. The van der Waals surface area contributed by atoms with Gasteiger partial charge in [0.05, 0.1) is 0 Å². The second kappa shape index (κ2) is 5.15. The van der Waals surface area contributed by atoms with Crippen molar-refractivity contribution < 1.29 is 4.42 Å². The van der Waals surface area contributed by atoms with Crippen LogP contribution in [0.1, 0.15) is 38.5 Å². The third-order valence-electron chi connectivity index (χ3n) is 3.25. The summed E-state index contributed by atoms with van der Waals surface area (Å²) in [4.78, 5) is 0. The first-order valence-corrected chi connectivity index (χ1v) is 6.65. The number of hydrogen-bond acceptors (Lipinski definition) is 2. The zero-order valence-corrected chi connectivity index (χ0v) is 11.8. The standard InChI is InChI=1S/C16H23NO/c1-12-14(11-17-10-9-16(2,3)4)13-7-5-6-8-15(13)18-12/h5-8,17H,9-11H2,1-4H3. The maximum Gasteiger partial charge on any atom is 0.134 e. The van der Waals surface area contributed by atoms with E-state index in [2.05, 4.69) is 38.2 Å². The highest BCUT2D eigenvalue weighted by atomic mass is 16.3. The summed E-state index contributed by atoms with van der Waals surface area (Å²) in [7, 11) is 0. The van der Waals surface area contributed by atoms with Gasteiger partial charge in [-0.15, -0.1) is 0 Å². The SMILES string of the molecule is Cc1oc2ccccc2c1CNCCC(C)(C)C. The van der Waals surface area contributed by atoms with Crippen molar-refractivity contribution in [1.82, 2.24) is 5.32 Å². The van der Waals surface area contributed by atoms with E-state index in [9.17, 15) is 0 Å². The Kier molecular flexibility index (Phi) is 3.76. The molecular weight excluding hydrogens is 222 g/mol. The lowest BCUT2D eigenvalue weighted by Gasteiger charge is -2.18. The number of aryl methyl sites for hydroxylation is 1. The largest absolute Gasteiger partial charge is 0.461 e. The summed E-state index contributed by atoms with van der Waals surface area (Å²) in [5, 5.41) is 4.75. The summed E-state index contributed by atoms with van der Waals surface area (Å²) in [6.45, 7) is 10.8. The van der Waals surface area contributed by atoms with Crippen LogP contribution in [0, 0.1) is 12.3 Å². The molecule has 98 valence electrons. The second-order valence-electron chi connectivity index (χ2n) is 6.12. The summed E-state index contributed by atoms with van der Waals surface area (Å²) < 4.78 is 5.76. The molecular formula is C16H23NO. The van der Waals surface area contributed by atoms with Gasteiger partial charge in [0, 0.05) is 17.5 Å². The highest BCUT2D eigenvalue weighted by Gasteiger charge is 2.11. The molecule has 0 spiro atoms. The van der Waals surface area contributed by atoms with Gasteiger partial charge in [-0.25, -0.2) is 0 Å². The molecule has 1 heterocycles. The van der Waals surface area contributed by atoms with E-state index in [-0.39, 0.29) is 0 Å². The maximum absolute atomic E-state index is 5.76. The van der Waals surface area contributed by atoms with Crippen LogP contribution in [-0.2, 0) is 6.54 Å². The number of furan rings is 1. The van der Waals surface area contributed by atoms with Crippen molar-refractivity contribution in [3.05, 3.63) is 35.6 Å². The average Bonchev–Trinajstić information content (AvgIpc) is 2.59. The molecule has 2 nitrogen and oxygen atoms in total. The van der Waals surface area contributed by atoms with Gasteiger partial charge in [0.1, 0.15) is 11.3 Å². The second-order valence-corrected chi connectivity index (χ2v) is 6.12. The Hall–Kier alpha value is -1.28. The van der Waals surface area contributed by atoms with Crippen molar-refractivity contribution in [1.29, 1.82) is 0 Å². The third kappa shape index (κ3) is 3.14. The van der Waals surface area contributed by atoms with E-state index in [0.29, 0.717) is 5.41 Å². The normalized spacial score (nSPS) is 12.2. The molecule has 1 aromatic carbocycles. The molecule has 1 N–H and O–H groups in total. The van der Waals surface area contributed by atoms with E-state index in [1.165, 1.54) is 17.4 Å². The van der Waals surface area contributed by atoms with E-state index in [1.807, 2.05) is 19.1 Å². The molecule has 0 aliphatic rings. The van der Waals surface area contributed by atoms with Gasteiger partial charge < -0.3 is 9.73 Å². The van der Waals surface area contributed by atoms with Crippen LogP contribution >= 0.6 is 0 Å². The summed E-state index contributed by atoms with van der Waals surface area (Å²) >= 11 is 0. The molecule has 1 aromatic heterocycles. The molecule has 0 aliphatic carbocycles. The molecule has 0 amide bonds. The third-order valence-corrected chi connectivity index (χ3v) is 3.25. The van der Waals surface area contributed by atoms with Gasteiger partial charge in [-0.05, 0) is 31.4 Å². The van der Waals surface area contributed by atoms with E-state index < -0.39 is 0 Å². The van der Waals surface area contributed by atoms with Crippen LogP contribution in [0.15, 0.2) is 28.7 Å². The molecule has 0 saturated carbocycles. The minimum atomic E-state index is 0.389. The first kappa shape index (κ1) is 13.2. The van der Waals surface area contributed by atoms with Crippen LogP contribution in [0.2, 0.25) is 0 Å². The molecule has 2 aromatic rings. The molecule has 0 atom stereocenters. The number of nitrogens with one attached hydrogen (secondary N) is 1. The number of fused-ring (bicyclic) bond motifs is 1. The molecule has 0 unspecified atom stereocenters. The first-order valence-electron chi connectivity index (χ1n) is 6.65. The molecule has 0 fully saturated rings. The fourth-order valence-corrected chi connectivity index (χ4v) is 2.12. The summed E-state index contributed by atoms with van der Waals surface area (Å²) in [5.74, 6) is 1.03. The predicted molar refractivity (Wildman–Crippen MR) is 76.7 cm³/mol. The Morgan fingerprint density at radius 1 is 1.17 bits per heavy atom. The van der Waals surface area contributed by atoms with Crippen LogP contribution in [-0.4, -0.2) is 6.54 Å². The maximum atomic E-state index is 5.76. The molecule has 2 rings (SSSR count). The summed E-state index contributed by atoms with van der Waals surface area (Å²) in [6.07, 6.45) is 1.18. The first-order chi connectivity index (χ1) is 8.47. The van der Waals surface area contributed by atoms with Gasteiger partial charge in [0.25, 0.3) is 0 Å². The van der Waals surface area contributed by atoms with Gasteiger partial charge in [0.2, 0.25) is 0 Å². The number of rotatable bonds is 4. The fourth-order valence-electron chi connectivity index (χ4n) is 2.12. The summed E-state index contributed by atoms with van der Waals surface area (Å²) in [6, 6.07) is 8.24. The quantitative estimate of drug-likeness (QED) is 0.814. The Morgan fingerprint density at radius 3 is 2.61 bits per heavy atom. The Labute approximate surface area is 109 Å². The van der Waals surface area contributed by atoms with Crippen molar-refractivity contribution in [2.45, 2.75) is 40.7 Å². The average molecular weight is 245 g/mol. The van der Waals surface area contributed by atoms with Gasteiger partial charge in [-0.1, -0.05) is 39.0 Å². The van der Waals surface area contributed by atoms with Crippen LogP contribution in [0.3, 0.4) is 0 Å². The number of hydrogen-bond donors (Lipinski definition) is 1. The molecule has 0 aliphatic heterocycles. The predicted octanol–water partition coefficient (Wildman–Crippen LogP) is 4.27. The lowest BCUT2D eigenvalue weighted by Crippen LogP contribution is -2.20. The highest BCUT2D eigenvalue weighted by Crippen LogP contribution is 2.25. The molecule has 0 saturated heterocycles. The molecule has 0 bridgehead atoms. The smallest absolute Gasteiger partial charge is 0.134 e. The lowest BCUT2D eigenvalue weighted by molar-refractivity contribution is 0.366. The van der Waals surface area contributed by atoms with Gasteiger partial charge in [0.15, 0.2) is 0 Å². The van der Waals surface area contributed by atoms with Crippen molar-refractivity contribution in [2.24, 2.45) is 5.41 Å². The van der Waals surface area contributed by atoms with Crippen molar-refractivity contribution in [2.75, 3.05) is 6.54 Å². The van der Waals surface area contributed by atoms with Gasteiger partial charge in [-0.2, -0.15) is 0 Å². The zero-order valence-electron chi connectivity index (χ0n) is 11.8. The van der Waals surface area contributed by atoms with E-state index in [0.717, 1.165) is 24.4 Å². The Bertz CT molecular complexity index is 519. The van der Waals surface area contributed by atoms with E-state index in [4.69, 9.17) is 4.42 Å². The molecule has 18 heavy (non-hydrogen) atoms. The summed E-state index contributed by atoms with van der Waals surface area (Å²) in [5.41, 5.74) is 2.67. The minimum Gasteiger partial charge on any atom is -0.461 e. The monoisotopic (exact) mass is 245 g/mol. The van der Waals surface area contributed by atoms with Crippen molar-refractivity contribution >= 4 is 11.0 Å². The molecule has 2 heteroatoms. The van der Waals surface area contributed by atoms with E-state index in [1.54, 1.807) is 0 Å². The minimum absolute atomic E-state index is 0.389. The highest BCUT2D eigenvalue weighted by molar-refractivity contribution is 5.82. The van der Waals surface area contributed by atoms with E-state index >= 15 is 0 Å². The fraction of sp³-hybridized carbons (Fsp3) is 0.500. The topological polar surface area (TPSA) is 25.2 Å². The number of para-hydroxylation sites is 1. The van der Waals surface area contributed by atoms with Crippen molar-refractivity contribution in [3.8, 4) is 0 Å². The number of benzene rings is 1. The molecule has 0 radical (unpaired) electrons.